The third kappa shape index (κ3) is 5.14. The van der Waals surface area contributed by atoms with Crippen molar-refractivity contribution in [2.24, 2.45) is 5.10 Å². The summed E-state index contributed by atoms with van der Waals surface area (Å²) < 4.78 is 24.5. The van der Waals surface area contributed by atoms with Gasteiger partial charge in [-0.25, -0.2) is 4.98 Å². The van der Waals surface area contributed by atoms with Crippen LogP contribution in [0.25, 0.3) is 0 Å². The van der Waals surface area contributed by atoms with E-state index in [9.17, 15) is 14.5 Å². The summed E-state index contributed by atoms with van der Waals surface area (Å²) in [5, 5.41) is 14.6. The van der Waals surface area contributed by atoms with E-state index >= 15 is 0 Å². The third-order valence-electron chi connectivity index (χ3n) is 3.56. The van der Waals surface area contributed by atoms with Crippen LogP contribution in [0.15, 0.2) is 53.8 Å². The molecule has 0 saturated heterocycles. The molecule has 1 aromatic heterocycles. The van der Waals surface area contributed by atoms with Crippen molar-refractivity contribution in [3.63, 3.8) is 0 Å². The number of ether oxygens (including phenoxy) is 2. The quantitative estimate of drug-likeness (QED) is 0.262. The fraction of sp³-hybridized carbons (Fsp3) is 0.0556. The number of aromatic nitrogens is 2. The number of nitrogens with zero attached hydrogens (tertiary/aromatic N) is 4. The van der Waals surface area contributed by atoms with Crippen molar-refractivity contribution in [1.29, 1.82) is 0 Å². The lowest BCUT2D eigenvalue weighted by Gasteiger charge is -2.10. The molecule has 9 nitrogen and oxygen atoms in total. The van der Waals surface area contributed by atoms with Crippen molar-refractivity contribution in [1.82, 2.24) is 9.97 Å². The van der Waals surface area contributed by atoms with Crippen LogP contribution in [-0.2, 0) is 0 Å². The minimum atomic E-state index is -0.782. The molecule has 2 aromatic carbocycles. The number of anilines is 1. The molecule has 3 aromatic rings. The van der Waals surface area contributed by atoms with Crippen molar-refractivity contribution >= 4 is 29.2 Å². The molecule has 0 unspecified atom stereocenters. The van der Waals surface area contributed by atoms with Crippen molar-refractivity contribution in [2.45, 2.75) is 0 Å². The van der Waals surface area contributed by atoms with E-state index in [1.807, 2.05) is 0 Å². The number of non-ortho nitro benzene ring substituents is 1. The van der Waals surface area contributed by atoms with Crippen molar-refractivity contribution < 1.29 is 18.8 Å². The Kier molecular flexibility index (Phi) is 6.15. The van der Waals surface area contributed by atoms with Gasteiger partial charge in [-0.3, -0.25) is 15.5 Å². The highest BCUT2D eigenvalue weighted by atomic mass is 35.5. The lowest BCUT2D eigenvalue weighted by Crippen LogP contribution is -1.98. The van der Waals surface area contributed by atoms with Crippen molar-refractivity contribution in [3.05, 3.63) is 75.4 Å². The number of nitro groups is 1. The van der Waals surface area contributed by atoms with Gasteiger partial charge in [0.05, 0.1) is 30.1 Å². The number of hydrazone groups is 1. The highest BCUT2D eigenvalue weighted by Crippen LogP contribution is 2.32. The number of rotatable bonds is 7. The average Bonchev–Trinajstić information content (AvgIpc) is 2.71. The molecule has 0 saturated carbocycles. The molecule has 0 spiro atoms. The zero-order valence-electron chi connectivity index (χ0n) is 14.9. The van der Waals surface area contributed by atoms with Crippen LogP contribution in [0, 0.1) is 15.9 Å². The first kappa shape index (κ1) is 20.0. The third-order valence-corrected chi connectivity index (χ3v) is 3.74. The summed E-state index contributed by atoms with van der Waals surface area (Å²) in [6, 6.07) is 10.7. The van der Waals surface area contributed by atoms with Gasteiger partial charge in [-0.05, 0) is 47.5 Å². The number of methoxy groups -OCH3 is 1. The van der Waals surface area contributed by atoms with Gasteiger partial charge in [0.25, 0.3) is 11.6 Å². The molecule has 0 fully saturated rings. The standard InChI is InChI=1S/C18H13ClFN5O4/c1-28-15-7-2-11(8-16(15)29-17-14(20)10-21-18(19)23-17)9-22-24-12-3-5-13(6-4-12)25(26)27/h2-10,24H,1H3/b22-9-. The summed E-state index contributed by atoms with van der Waals surface area (Å²) in [5.74, 6) is -0.586. The second-order valence-corrected chi connectivity index (χ2v) is 5.82. The number of nitro benzene ring substituents is 1. The second-order valence-electron chi connectivity index (χ2n) is 5.48. The van der Waals surface area contributed by atoms with Crippen LogP contribution in [-0.4, -0.2) is 28.2 Å². The van der Waals surface area contributed by atoms with Crippen molar-refractivity contribution in [3.8, 4) is 17.4 Å². The molecule has 0 bridgehead atoms. The monoisotopic (exact) mass is 417 g/mol. The first-order valence-corrected chi connectivity index (χ1v) is 8.41. The van der Waals surface area contributed by atoms with Crippen molar-refractivity contribution in [2.75, 3.05) is 12.5 Å². The summed E-state index contributed by atoms with van der Waals surface area (Å²) in [6.07, 6.45) is 2.38. The second kappa shape index (κ2) is 8.93. The molecule has 0 amide bonds. The zero-order chi connectivity index (χ0) is 20.8. The first-order valence-electron chi connectivity index (χ1n) is 8.03. The van der Waals surface area contributed by atoms with E-state index in [-0.39, 0.29) is 22.6 Å². The molecule has 0 aliphatic carbocycles. The summed E-state index contributed by atoms with van der Waals surface area (Å²) in [4.78, 5) is 17.4. The van der Waals surface area contributed by atoms with Gasteiger partial charge in [0.1, 0.15) is 0 Å². The van der Waals surface area contributed by atoms with Gasteiger partial charge in [-0.2, -0.15) is 14.5 Å². The Hall–Kier alpha value is -3.79. The highest BCUT2D eigenvalue weighted by Gasteiger charge is 2.13. The van der Waals surface area contributed by atoms with Crippen LogP contribution >= 0.6 is 11.6 Å². The lowest BCUT2D eigenvalue weighted by molar-refractivity contribution is -0.384. The van der Waals surface area contributed by atoms with Gasteiger partial charge in [-0.1, -0.05) is 0 Å². The van der Waals surface area contributed by atoms with E-state index in [2.05, 4.69) is 20.5 Å². The van der Waals surface area contributed by atoms with Crippen LogP contribution in [0.5, 0.6) is 17.4 Å². The fourth-order valence-electron chi connectivity index (χ4n) is 2.20. The molecule has 0 aliphatic heterocycles. The van der Waals surface area contributed by atoms with E-state index in [0.717, 1.165) is 6.20 Å². The van der Waals surface area contributed by atoms with Crippen LogP contribution in [0.3, 0.4) is 0 Å². The molecule has 3 rings (SSSR count). The van der Waals surface area contributed by atoms with Crippen LogP contribution in [0.1, 0.15) is 5.56 Å². The molecule has 0 atom stereocenters. The highest BCUT2D eigenvalue weighted by molar-refractivity contribution is 6.28. The minimum Gasteiger partial charge on any atom is -0.493 e. The molecule has 1 heterocycles. The molecule has 0 radical (unpaired) electrons. The predicted molar refractivity (Wildman–Crippen MR) is 104 cm³/mol. The number of hydrogen-bond donors (Lipinski definition) is 1. The summed E-state index contributed by atoms with van der Waals surface area (Å²) in [6.45, 7) is 0. The van der Waals surface area contributed by atoms with E-state index < -0.39 is 10.7 Å². The van der Waals surface area contributed by atoms with Gasteiger partial charge < -0.3 is 9.47 Å². The summed E-state index contributed by atoms with van der Waals surface area (Å²) >= 11 is 5.67. The number of halogens is 2. The van der Waals surface area contributed by atoms with E-state index in [1.54, 1.807) is 18.2 Å². The molecule has 148 valence electrons. The average molecular weight is 418 g/mol. The normalized spacial score (nSPS) is 10.7. The number of hydrogen-bond acceptors (Lipinski definition) is 8. The van der Waals surface area contributed by atoms with Crippen LogP contribution in [0.2, 0.25) is 5.28 Å². The smallest absolute Gasteiger partial charge is 0.269 e. The molecule has 0 aliphatic rings. The fourth-order valence-corrected chi connectivity index (χ4v) is 2.32. The summed E-state index contributed by atoms with van der Waals surface area (Å²) in [7, 11) is 1.44. The maximum atomic E-state index is 13.8. The van der Waals surface area contributed by atoms with E-state index in [1.165, 1.54) is 37.6 Å². The Morgan fingerprint density at radius 3 is 2.69 bits per heavy atom. The molecular weight excluding hydrogens is 405 g/mol. The van der Waals surface area contributed by atoms with E-state index in [4.69, 9.17) is 21.1 Å². The van der Waals surface area contributed by atoms with Gasteiger partial charge in [0, 0.05) is 12.1 Å². The van der Waals surface area contributed by atoms with Crippen LogP contribution < -0.4 is 14.9 Å². The van der Waals surface area contributed by atoms with E-state index in [0.29, 0.717) is 17.0 Å². The van der Waals surface area contributed by atoms with Gasteiger partial charge in [-0.15, -0.1) is 0 Å². The molecular formula is C18H13ClFN5O4. The summed E-state index contributed by atoms with van der Waals surface area (Å²) in [5.41, 5.74) is 3.90. The largest absolute Gasteiger partial charge is 0.493 e. The van der Waals surface area contributed by atoms with Crippen LogP contribution in [0.4, 0.5) is 15.8 Å². The zero-order valence-corrected chi connectivity index (χ0v) is 15.6. The lowest BCUT2D eigenvalue weighted by atomic mass is 10.2. The number of benzene rings is 2. The molecule has 11 heteroatoms. The van der Waals surface area contributed by atoms with Gasteiger partial charge in [0.15, 0.2) is 11.5 Å². The Morgan fingerprint density at radius 1 is 1.24 bits per heavy atom. The Morgan fingerprint density at radius 2 is 2.00 bits per heavy atom. The number of nitrogens with one attached hydrogen (secondary N) is 1. The predicted octanol–water partition coefficient (Wildman–Crippen LogP) is 4.42. The van der Waals surface area contributed by atoms with Gasteiger partial charge in [0.2, 0.25) is 11.1 Å². The Bertz CT molecular complexity index is 1060. The molecule has 1 N–H and O–H groups in total. The topological polar surface area (TPSA) is 112 Å². The Balaban J connectivity index is 1.76. The molecule has 29 heavy (non-hydrogen) atoms. The Labute approximate surface area is 168 Å². The van der Waals surface area contributed by atoms with Gasteiger partial charge >= 0.3 is 0 Å². The maximum absolute atomic E-state index is 13.8. The minimum absolute atomic E-state index is 0.0199. The SMILES string of the molecule is COc1ccc(/C=N\Nc2ccc([N+](=O)[O-])cc2)cc1Oc1nc(Cl)ncc1F. The first-order chi connectivity index (χ1) is 14.0. The maximum Gasteiger partial charge on any atom is 0.269 e.